The van der Waals surface area contributed by atoms with Crippen LogP contribution >= 0.6 is 0 Å². The van der Waals surface area contributed by atoms with Crippen LogP contribution in [0.25, 0.3) is 0 Å². The summed E-state index contributed by atoms with van der Waals surface area (Å²) >= 11 is 0. The largest absolute Gasteiger partial charge is 0.497 e. The Labute approximate surface area is 231 Å². The fourth-order valence-corrected chi connectivity index (χ4v) is 5.00. The average Bonchev–Trinajstić information content (AvgIpc) is 2.92. The normalized spacial score (nSPS) is 12.0. The third-order valence-corrected chi connectivity index (χ3v) is 7.31. The Kier molecular flexibility index (Phi) is 10.5. The van der Waals surface area contributed by atoms with Gasteiger partial charge in [-0.2, -0.15) is 0 Å². The van der Waals surface area contributed by atoms with Gasteiger partial charge >= 0.3 is 0 Å². The van der Waals surface area contributed by atoms with Crippen molar-refractivity contribution in [2.45, 2.75) is 32.9 Å². The van der Waals surface area contributed by atoms with Crippen LogP contribution < -0.4 is 14.4 Å². The first-order valence-corrected chi connectivity index (χ1v) is 14.7. The molecule has 0 fully saturated rings. The summed E-state index contributed by atoms with van der Waals surface area (Å²) in [5, 5.41) is 2.97. The highest BCUT2D eigenvalue weighted by molar-refractivity contribution is 7.92. The second-order valence-corrected chi connectivity index (χ2v) is 11.7. The molecule has 1 atom stereocenters. The lowest BCUT2D eigenvalue weighted by molar-refractivity contribution is -0.140. The highest BCUT2D eigenvalue weighted by atomic mass is 32.2. The molecule has 0 aromatic heterocycles. The van der Waals surface area contributed by atoms with Crippen molar-refractivity contribution in [3.8, 4) is 5.75 Å². The summed E-state index contributed by atoms with van der Waals surface area (Å²) in [6.45, 7) is 4.08. The fraction of sp³-hybridized carbons (Fsp3) is 0.333. The van der Waals surface area contributed by atoms with Gasteiger partial charge in [-0.1, -0.05) is 74.5 Å². The second kappa shape index (κ2) is 13.8. The van der Waals surface area contributed by atoms with E-state index in [0.29, 0.717) is 18.0 Å². The van der Waals surface area contributed by atoms with Gasteiger partial charge in [0.25, 0.3) is 0 Å². The summed E-state index contributed by atoms with van der Waals surface area (Å²) in [6.07, 6.45) is 1.33. The topological polar surface area (TPSA) is 96.0 Å². The minimum absolute atomic E-state index is 0.0923. The number of nitrogens with zero attached hydrogens (tertiary/aromatic N) is 2. The number of para-hydroxylation sites is 1. The Morgan fingerprint density at radius 3 is 2.10 bits per heavy atom. The molecule has 39 heavy (non-hydrogen) atoms. The zero-order valence-electron chi connectivity index (χ0n) is 22.9. The number of methoxy groups -OCH3 is 1. The molecule has 9 heteroatoms. The van der Waals surface area contributed by atoms with E-state index in [2.05, 4.69) is 5.32 Å². The quantitative estimate of drug-likeness (QED) is 0.348. The molecule has 3 aromatic carbocycles. The van der Waals surface area contributed by atoms with Crippen molar-refractivity contribution in [1.29, 1.82) is 0 Å². The van der Waals surface area contributed by atoms with Gasteiger partial charge < -0.3 is 15.0 Å². The van der Waals surface area contributed by atoms with Crippen molar-refractivity contribution in [3.63, 3.8) is 0 Å². The number of carbonyl (C=O) groups excluding carboxylic acids is 2. The van der Waals surface area contributed by atoms with E-state index in [-0.39, 0.29) is 24.8 Å². The first-order valence-electron chi connectivity index (χ1n) is 12.8. The van der Waals surface area contributed by atoms with Crippen LogP contribution in [-0.4, -0.2) is 57.6 Å². The standard InChI is InChI=1S/C30H37N3O5S/c1-23(2)20-31-30(35)28(19-24-12-7-5-8-13-24)32(21-25-14-11-17-27(18-25)38-3)29(34)22-33(39(4,36)37)26-15-9-6-10-16-26/h5-18,23,28H,19-22H2,1-4H3,(H,31,35). The lowest BCUT2D eigenvalue weighted by atomic mass is 10.0. The maximum Gasteiger partial charge on any atom is 0.244 e. The Morgan fingerprint density at radius 1 is 0.897 bits per heavy atom. The molecule has 1 unspecified atom stereocenters. The Balaban J connectivity index is 2.04. The smallest absolute Gasteiger partial charge is 0.244 e. The molecule has 0 aliphatic rings. The number of benzene rings is 3. The number of sulfonamides is 1. The van der Waals surface area contributed by atoms with Crippen LogP contribution in [0.5, 0.6) is 5.75 Å². The van der Waals surface area contributed by atoms with E-state index < -0.39 is 28.5 Å². The monoisotopic (exact) mass is 551 g/mol. The lowest BCUT2D eigenvalue weighted by Gasteiger charge is -2.33. The lowest BCUT2D eigenvalue weighted by Crippen LogP contribution is -2.53. The van der Waals surface area contributed by atoms with Crippen molar-refractivity contribution in [2.75, 3.05) is 30.8 Å². The molecule has 0 radical (unpaired) electrons. The Hall–Kier alpha value is -3.85. The number of rotatable bonds is 13. The molecule has 0 saturated carbocycles. The fourth-order valence-electron chi connectivity index (χ4n) is 4.15. The molecule has 3 rings (SSSR count). The van der Waals surface area contributed by atoms with Crippen molar-refractivity contribution in [3.05, 3.63) is 96.1 Å². The third kappa shape index (κ3) is 8.85. The van der Waals surface area contributed by atoms with Crippen LogP contribution in [0.1, 0.15) is 25.0 Å². The SMILES string of the molecule is COc1cccc(CN(C(=O)CN(c2ccccc2)S(C)(=O)=O)C(Cc2ccccc2)C(=O)NCC(C)C)c1. The van der Waals surface area contributed by atoms with E-state index in [1.807, 2.05) is 56.3 Å². The second-order valence-electron chi connectivity index (χ2n) is 9.82. The minimum Gasteiger partial charge on any atom is -0.497 e. The molecular weight excluding hydrogens is 514 g/mol. The number of carbonyl (C=O) groups is 2. The molecule has 2 amide bonds. The molecule has 3 aromatic rings. The summed E-state index contributed by atoms with van der Waals surface area (Å²) in [5.41, 5.74) is 2.01. The molecule has 0 spiro atoms. The maximum atomic E-state index is 14.0. The van der Waals surface area contributed by atoms with Crippen molar-refractivity contribution < 1.29 is 22.7 Å². The van der Waals surface area contributed by atoms with Crippen LogP contribution in [0.3, 0.4) is 0 Å². The molecule has 0 heterocycles. The first kappa shape index (κ1) is 29.7. The summed E-state index contributed by atoms with van der Waals surface area (Å²) in [4.78, 5) is 29.1. The van der Waals surface area contributed by atoms with Crippen LogP contribution in [-0.2, 0) is 32.6 Å². The summed E-state index contributed by atoms with van der Waals surface area (Å²) in [7, 11) is -2.23. The summed E-state index contributed by atoms with van der Waals surface area (Å²) < 4.78 is 32.0. The van der Waals surface area contributed by atoms with E-state index in [1.165, 1.54) is 4.90 Å². The van der Waals surface area contributed by atoms with E-state index in [0.717, 1.165) is 21.7 Å². The summed E-state index contributed by atoms with van der Waals surface area (Å²) in [6, 6.07) is 24.3. The highest BCUT2D eigenvalue weighted by Crippen LogP contribution is 2.21. The average molecular weight is 552 g/mol. The van der Waals surface area contributed by atoms with Gasteiger partial charge in [0.1, 0.15) is 18.3 Å². The minimum atomic E-state index is -3.79. The number of hydrogen-bond donors (Lipinski definition) is 1. The number of nitrogens with one attached hydrogen (secondary N) is 1. The number of hydrogen-bond acceptors (Lipinski definition) is 5. The highest BCUT2D eigenvalue weighted by Gasteiger charge is 2.33. The Morgan fingerprint density at radius 2 is 1.51 bits per heavy atom. The van der Waals surface area contributed by atoms with Gasteiger partial charge in [-0.15, -0.1) is 0 Å². The number of ether oxygens (including phenoxy) is 1. The summed E-state index contributed by atoms with van der Waals surface area (Å²) in [5.74, 6) is 0.0422. The van der Waals surface area contributed by atoms with Gasteiger partial charge in [0.2, 0.25) is 21.8 Å². The molecule has 0 bridgehead atoms. The first-order chi connectivity index (χ1) is 18.6. The molecule has 208 valence electrons. The zero-order valence-corrected chi connectivity index (χ0v) is 23.7. The van der Waals surface area contributed by atoms with E-state index in [9.17, 15) is 18.0 Å². The maximum absolute atomic E-state index is 14.0. The van der Waals surface area contributed by atoms with E-state index in [4.69, 9.17) is 4.74 Å². The molecule has 0 aliphatic heterocycles. The van der Waals surface area contributed by atoms with Crippen LogP contribution in [0.15, 0.2) is 84.9 Å². The molecule has 0 saturated heterocycles. The van der Waals surface area contributed by atoms with Crippen LogP contribution in [0.2, 0.25) is 0 Å². The molecule has 8 nitrogen and oxygen atoms in total. The van der Waals surface area contributed by atoms with Gasteiger partial charge in [0, 0.05) is 19.5 Å². The van der Waals surface area contributed by atoms with Crippen molar-refractivity contribution in [1.82, 2.24) is 10.2 Å². The molecule has 1 N–H and O–H groups in total. The van der Waals surface area contributed by atoms with Crippen LogP contribution in [0.4, 0.5) is 5.69 Å². The van der Waals surface area contributed by atoms with Gasteiger partial charge in [-0.25, -0.2) is 8.42 Å². The molecular formula is C30H37N3O5S. The van der Waals surface area contributed by atoms with Gasteiger partial charge in [0.05, 0.1) is 19.1 Å². The van der Waals surface area contributed by atoms with E-state index in [1.54, 1.807) is 49.6 Å². The zero-order chi connectivity index (χ0) is 28.4. The predicted octanol–water partition coefficient (Wildman–Crippen LogP) is 3.87. The Bertz CT molecular complexity index is 1330. The number of amides is 2. The van der Waals surface area contributed by atoms with Gasteiger partial charge in [0.15, 0.2) is 0 Å². The predicted molar refractivity (Wildman–Crippen MR) is 154 cm³/mol. The van der Waals surface area contributed by atoms with Gasteiger partial charge in [-0.3, -0.25) is 13.9 Å². The third-order valence-electron chi connectivity index (χ3n) is 6.17. The molecule has 0 aliphatic carbocycles. The number of anilines is 1. The van der Waals surface area contributed by atoms with E-state index >= 15 is 0 Å². The van der Waals surface area contributed by atoms with Crippen LogP contribution in [0, 0.1) is 5.92 Å². The van der Waals surface area contributed by atoms with Crippen molar-refractivity contribution >= 4 is 27.5 Å². The van der Waals surface area contributed by atoms with Crippen molar-refractivity contribution in [2.24, 2.45) is 5.92 Å². The van der Waals surface area contributed by atoms with Gasteiger partial charge in [-0.05, 0) is 41.3 Å².